The lowest BCUT2D eigenvalue weighted by Crippen LogP contribution is -2.24. The molecule has 0 unspecified atom stereocenters. The van der Waals surface area contributed by atoms with E-state index in [1.807, 2.05) is 26.0 Å². The van der Waals surface area contributed by atoms with Crippen LogP contribution in [0, 0.1) is 13.8 Å². The minimum Gasteiger partial charge on any atom is -0.494 e. The molecule has 0 spiro atoms. The van der Waals surface area contributed by atoms with Crippen molar-refractivity contribution in [2.45, 2.75) is 59.3 Å². The predicted molar refractivity (Wildman–Crippen MR) is 92.8 cm³/mol. The van der Waals surface area contributed by atoms with Crippen molar-refractivity contribution in [1.29, 1.82) is 0 Å². The number of aryl methyl sites for hydroxylation is 2. The van der Waals surface area contributed by atoms with E-state index in [-0.39, 0.29) is 5.91 Å². The van der Waals surface area contributed by atoms with Gasteiger partial charge in [0, 0.05) is 18.0 Å². The van der Waals surface area contributed by atoms with Crippen molar-refractivity contribution in [3.8, 4) is 5.75 Å². The first-order valence-corrected chi connectivity index (χ1v) is 8.58. The highest BCUT2D eigenvalue weighted by Gasteiger charge is 2.04. The third kappa shape index (κ3) is 7.17. The highest BCUT2D eigenvalue weighted by atomic mass is 35.5. The number of unbranched alkanes of at least 4 members (excludes halogenated alkanes) is 3. The average molecular weight is 326 g/mol. The van der Waals surface area contributed by atoms with E-state index in [1.54, 1.807) is 0 Å². The molecule has 0 aliphatic carbocycles. The van der Waals surface area contributed by atoms with Crippen LogP contribution in [-0.2, 0) is 4.79 Å². The van der Waals surface area contributed by atoms with Crippen LogP contribution in [0.3, 0.4) is 0 Å². The number of amides is 1. The molecule has 1 rings (SSSR count). The number of halogens is 1. The Balaban J connectivity index is 2.16. The number of ether oxygens (including phenoxy) is 1. The van der Waals surface area contributed by atoms with Gasteiger partial charge in [-0.25, -0.2) is 0 Å². The fourth-order valence-corrected chi connectivity index (χ4v) is 2.39. The number of nitrogens with one attached hydrogen (secondary N) is 1. The van der Waals surface area contributed by atoms with Gasteiger partial charge in [-0.15, -0.1) is 0 Å². The summed E-state index contributed by atoms with van der Waals surface area (Å²) in [6.07, 6.45) is 5.95. The van der Waals surface area contributed by atoms with Gasteiger partial charge >= 0.3 is 0 Å². The van der Waals surface area contributed by atoms with Crippen LogP contribution in [-0.4, -0.2) is 19.1 Å². The molecule has 1 aromatic rings. The van der Waals surface area contributed by atoms with Crippen LogP contribution in [0.4, 0.5) is 0 Å². The Morgan fingerprint density at radius 3 is 2.45 bits per heavy atom. The molecule has 124 valence electrons. The number of hydrogen-bond acceptors (Lipinski definition) is 2. The summed E-state index contributed by atoms with van der Waals surface area (Å²) in [6.45, 7) is 7.45. The smallest absolute Gasteiger partial charge is 0.220 e. The molecule has 0 saturated carbocycles. The molecule has 0 aliphatic rings. The Hall–Kier alpha value is -1.22. The van der Waals surface area contributed by atoms with E-state index in [2.05, 4.69) is 12.2 Å². The molecule has 0 fully saturated rings. The Morgan fingerprint density at radius 2 is 1.82 bits per heavy atom. The minimum absolute atomic E-state index is 0.114. The number of benzene rings is 1. The molecular formula is C18H28ClNO2. The van der Waals surface area contributed by atoms with Crippen molar-refractivity contribution in [3.63, 3.8) is 0 Å². The minimum atomic E-state index is 0.114. The first-order valence-electron chi connectivity index (χ1n) is 8.20. The van der Waals surface area contributed by atoms with Crippen molar-refractivity contribution in [3.05, 3.63) is 28.3 Å². The monoisotopic (exact) mass is 325 g/mol. The highest BCUT2D eigenvalue weighted by Crippen LogP contribution is 2.25. The summed E-state index contributed by atoms with van der Waals surface area (Å²) >= 11 is 6.12. The van der Waals surface area contributed by atoms with Gasteiger partial charge in [0.15, 0.2) is 0 Å². The number of carbonyl (C=O) groups is 1. The molecule has 1 N–H and O–H groups in total. The van der Waals surface area contributed by atoms with Crippen LogP contribution in [0.5, 0.6) is 5.75 Å². The van der Waals surface area contributed by atoms with Crippen molar-refractivity contribution < 1.29 is 9.53 Å². The van der Waals surface area contributed by atoms with Crippen LogP contribution < -0.4 is 10.1 Å². The quantitative estimate of drug-likeness (QED) is 0.627. The van der Waals surface area contributed by atoms with Gasteiger partial charge in [0.1, 0.15) is 5.75 Å². The van der Waals surface area contributed by atoms with Gasteiger partial charge in [-0.2, -0.15) is 0 Å². The van der Waals surface area contributed by atoms with Crippen molar-refractivity contribution >= 4 is 17.5 Å². The molecule has 3 nitrogen and oxygen atoms in total. The SMILES string of the molecule is CCCCCCNC(=O)CCCOc1cc(C)c(Cl)c(C)c1. The zero-order valence-corrected chi connectivity index (χ0v) is 14.8. The maximum absolute atomic E-state index is 11.7. The Morgan fingerprint density at radius 1 is 1.14 bits per heavy atom. The largest absolute Gasteiger partial charge is 0.494 e. The molecule has 0 bridgehead atoms. The molecule has 0 atom stereocenters. The Labute approximate surface area is 139 Å². The van der Waals surface area contributed by atoms with Crippen LogP contribution in [0.2, 0.25) is 5.02 Å². The molecule has 4 heteroatoms. The Kier molecular flexibility index (Phi) is 8.98. The lowest BCUT2D eigenvalue weighted by Gasteiger charge is -2.10. The highest BCUT2D eigenvalue weighted by molar-refractivity contribution is 6.32. The Bertz CT molecular complexity index is 451. The molecule has 0 heterocycles. The summed E-state index contributed by atoms with van der Waals surface area (Å²) in [4.78, 5) is 11.7. The maximum Gasteiger partial charge on any atom is 0.220 e. The van der Waals surface area contributed by atoms with Crippen LogP contribution in [0.25, 0.3) is 0 Å². The van der Waals surface area contributed by atoms with Crippen molar-refractivity contribution in [2.75, 3.05) is 13.2 Å². The summed E-state index contributed by atoms with van der Waals surface area (Å²) in [5.41, 5.74) is 2.03. The molecule has 1 amide bonds. The summed E-state index contributed by atoms with van der Waals surface area (Å²) in [7, 11) is 0. The molecular weight excluding hydrogens is 298 g/mol. The van der Waals surface area contributed by atoms with Crippen molar-refractivity contribution in [2.24, 2.45) is 0 Å². The fourth-order valence-electron chi connectivity index (χ4n) is 2.28. The summed E-state index contributed by atoms with van der Waals surface area (Å²) in [5, 5.41) is 3.74. The first-order chi connectivity index (χ1) is 10.5. The second-order valence-electron chi connectivity index (χ2n) is 5.73. The van der Waals surface area contributed by atoms with Gasteiger partial charge in [0.05, 0.1) is 6.61 Å². The number of hydrogen-bond donors (Lipinski definition) is 1. The van der Waals surface area contributed by atoms with Gasteiger partial charge in [-0.3, -0.25) is 4.79 Å². The normalized spacial score (nSPS) is 10.5. The van der Waals surface area contributed by atoms with Gasteiger partial charge < -0.3 is 10.1 Å². The number of carbonyl (C=O) groups excluding carboxylic acids is 1. The van der Waals surface area contributed by atoms with Gasteiger partial charge in [-0.1, -0.05) is 37.8 Å². The second kappa shape index (κ2) is 10.5. The van der Waals surface area contributed by atoms with Gasteiger partial charge in [0.2, 0.25) is 5.91 Å². The summed E-state index contributed by atoms with van der Waals surface area (Å²) in [6, 6.07) is 3.87. The fraction of sp³-hybridized carbons (Fsp3) is 0.611. The third-order valence-corrected chi connectivity index (χ3v) is 4.18. The van der Waals surface area contributed by atoms with E-state index in [4.69, 9.17) is 16.3 Å². The lowest BCUT2D eigenvalue weighted by molar-refractivity contribution is -0.121. The van der Waals surface area contributed by atoms with E-state index < -0.39 is 0 Å². The zero-order valence-electron chi connectivity index (χ0n) is 14.0. The van der Waals surface area contributed by atoms with Gasteiger partial charge in [0.25, 0.3) is 0 Å². The average Bonchev–Trinajstić information content (AvgIpc) is 2.49. The van der Waals surface area contributed by atoms with Crippen LogP contribution in [0.15, 0.2) is 12.1 Å². The topological polar surface area (TPSA) is 38.3 Å². The molecule has 22 heavy (non-hydrogen) atoms. The third-order valence-electron chi connectivity index (χ3n) is 3.58. The summed E-state index contributed by atoms with van der Waals surface area (Å²) in [5.74, 6) is 0.933. The zero-order chi connectivity index (χ0) is 16.4. The molecule has 0 radical (unpaired) electrons. The van der Waals surface area contributed by atoms with E-state index >= 15 is 0 Å². The number of rotatable bonds is 10. The van der Waals surface area contributed by atoms with E-state index in [0.717, 1.165) is 41.3 Å². The predicted octanol–water partition coefficient (Wildman–Crippen LogP) is 4.81. The lowest BCUT2D eigenvalue weighted by atomic mass is 10.1. The van der Waals surface area contributed by atoms with Crippen molar-refractivity contribution in [1.82, 2.24) is 5.32 Å². The standard InChI is InChI=1S/C18H28ClNO2/c1-4-5-6-7-10-20-17(21)9-8-11-22-16-12-14(2)18(19)15(3)13-16/h12-13H,4-11H2,1-3H3,(H,20,21). The molecule has 0 aromatic heterocycles. The van der Waals surface area contributed by atoms with Crippen LogP contribution in [0.1, 0.15) is 56.6 Å². The molecule has 0 aliphatic heterocycles. The molecule has 0 saturated heterocycles. The van der Waals surface area contributed by atoms with E-state index in [1.165, 1.54) is 19.3 Å². The first kappa shape index (κ1) is 18.8. The van der Waals surface area contributed by atoms with E-state index in [9.17, 15) is 4.79 Å². The van der Waals surface area contributed by atoms with Crippen LogP contribution >= 0.6 is 11.6 Å². The maximum atomic E-state index is 11.7. The second-order valence-corrected chi connectivity index (χ2v) is 6.11. The molecule has 1 aromatic carbocycles. The summed E-state index contributed by atoms with van der Waals surface area (Å²) < 4.78 is 5.69. The van der Waals surface area contributed by atoms with Gasteiger partial charge in [-0.05, 0) is 49.9 Å². The van der Waals surface area contributed by atoms with E-state index in [0.29, 0.717) is 13.0 Å².